The topological polar surface area (TPSA) is 29.6 Å². The fraction of sp³-hybridized carbons (Fsp3) is 0. The van der Waals surface area contributed by atoms with Gasteiger partial charge in [0, 0.05) is 104 Å². The van der Waals surface area contributed by atoms with Crippen molar-refractivity contribution in [3.05, 3.63) is 582 Å². The van der Waals surface area contributed by atoms with Crippen molar-refractivity contribution in [1.29, 1.82) is 0 Å². The van der Waals surface area contributed by atoms with Crippen LogP contribution in [0.15, 0.2) is 582 Å². The van der Waals surface area contributed by atoms with Crippen molar-refractivity contribution in [2.75, 3.05) is 0 Å². The van der Waals surface area contributed by atoms with E-state index in [2.05, 4.69) is 610 Å². The predicted molar refractivity (Wildman–Crippen MR) is 634 cm³/mol. The summed E-state index contributed by atoms with van der Waals surface area (Å²) in [6, 6.07) is 211. The van der Waals surface area contributed by atoms with Crippen LogP contribution in [-0.2, 0) is 0 Å². The molecule has 0 fully saturated rings. The van der Waals surface area contributed by atoms with Gasteiger partial charge in [0.25, 0.3) is 0 Å². The van der Waals surface area contributed by atoms with Crippen LogP contribution in [0.1, 0.15) is 0 Å². The van der Waals surface area contributed by atoms with Crippen molar-refractivity contribution < 1.29 is 0 Å². The van der Waals surface area contributed by atoms with Gasteiger partial charge in [-0.2, -0.15) is 0 Å². The molecule has 30 aromatic rings. The number of nitrogens with zero attached hydrogens (tertiary/aromatic N) is 6. The maximum absolute atomic E-state index is 2.50. The molecular formula is C144H96N6. The van der Waals surface area contributed by atoms with Gasteiger partial charge in [0.05, 0.1) is 71.9 Å². The second-order valence-corrected chi connectivity index (χ2v) is 38.9. The minimum Gasteiger partial charge on any atom is -0.309 e. The Kier molecular flexibility index (Phi) is 21.9. The van der Waals surface area contributed by atoms with Crippen molar-refractivity contribution in [3.63, 3.8) is 0 Å². The SMILES string of the molecule is c1ccc(-c2cc(-c3ccccc3)cc(-n3c4ccccc4c4ccc(-c5cccc(-n6c7ccccc7c7ccccc76)c5)cc43)c2)cc1.c1ccc(-c2ccc(-n3c4ccccc4c4ccc(-c5cccc(-n6c7ccccc7c7ccccc76)c5)cc43)cc2-c2ccccc2)cc1.c1ccc(-c2cccc(-c3ccccc3)c2-n2c3ccccc3c3ccc(-c4cccc(-n5c6ccccc6c6ccccc65)c4)cc32)cc1. The fourth-order valence-corrected chi connectivity index (χ4v) is 23.5. The molecule has 0 amide bonds. The average molecular weight is 1910 g/mol. The maximum Gasteiger partial charge on any atom is 0.0618 e. The van der Waals surface area contributed by atoms with Gasteiger partial charge in [0.1, 0.15) is 0 Å². The highest BCUT2D eigenvalue weighted by Crippen LogP contribution is 2.48. The molecule has 0 spiro atoms. The highest BCUT2D eigenvalue weighted by Gasteiger charge is 2.26. The molecule has 0 saturated carbocycles. The number of hydrogen-bond donors (Lipinski definition) is 0. The zero-order valence-corrected chi connectivity index (χ0v) is 82.1. The van der Waals surface area contributed by atoms with Crippen molar-refractivity contribution in [2.45, 2.75) is 0 Å². The normalized spacial score (nSPS) is 11.6. The number of fused-ring (bicyclic) bond motifs is 18. The molecule has 0 aliphatic heterocycles. The summed E-state index contributed by atoms with van der Waals surface area (Å²) in [6.45, 7) is 0. The molecular weight excluding hydrogens is 1810 g/mol. The van der Waals surface area contributed by atoms with E-state index >= 15 is 0 Å². The molecule has 6 aromatic heterocycles. The van der Waals surface area contributed by atoms with E-state index in [9.17, 15) is 0 Å². The Bertz CT molecular complexity index is 10200. The van der Waals surface area contributed by atoms with Crippen molar-refractivity contribution >= 4 is 131 Å². The van der Waals surface area contributed by atoms with E-state index < -0.39 is 0 Å². The molecule has 6 heterocycles. The number of hydrogen-bond acceptors (Lipinski definition) is 0. The predicted octanol–water partition coefficient (Wildman–Crippen LogP) is 38.6. The summed E-state index contributed by atoms with van der Waals surface area (Å²) in [5.74, 6) is 0. The molecule has 24 aromatic carbocycles. The number of rotatable bonds is 15. The Balaban J connectivity index is 0.000000108. The Morgan fingerprint density at radius 1 is 0.0867 bits per heavy atom. The van der Waals surface area contributed by atoms with Crippen LogP contribution in [0.3, 0.4) is 0 Å². The zero-order chi connectivity index (χ0) is 99.1. The highest BCUT2D eigenvalue weighted by molar-refractivity contribution is 6.17. The van der Waals surface area contributed by atoms with Gasteiger partial charge in [-0.3, -0.25) is 0 Å². The fourth-order valence-electron chi connectivity index (χ4n) is 23.5. The van der Waals surface area contributed by atoms with Crippen LogP contribution in [-0.4, -0.2) is 27.4 Å². The molecule has 0 saturated heterocycles. The molecule has 702 valence electrons. The first-order valence-corrected chi connectivity index (χ1v) is 51.6. The summed E-state index contributed by atoms with van der Waals surface area (Å²) in [4.78, 5) is 0. The maximum atomic E-state index is 2.50. The molecule has 0 atom stereocenters. The van der Waals surface area contributed by atoms with Crippen LogP contribution in [0.2, 0.25) is 0 Å². The minimum absolute atomic E-state index is 1.14. The first kappa shape index (κ1) is 87.8. The van der Waals surface area contributed by atoms with Crippen LogP contribution in [0.25, 0.3) is 265 Å². The third kappa shape index (κ3) is 15.4. The second-order valence-electron chi connectivity index (χ2n) is 38.9. The molecule has 0 aliphatic carbocycles. The average Bonchev–Trinajstić information content (AvgIpc) is 1.59. The Morgan fingerprint density at radius 3 is 0.600 bits per heavy atom. The molecule has 0 N–H and O–H groups in total. The molecule has 0 radical (unpaired) electrons. The summed E-state index contributed by atoms with van der Waals surface area (Å²) in [5, 5.41) is 15.1. The van der Waals surface area contributed by atoms with E-state index in [-0.39, 0.29) is 0 Å². The minimum atomic E-state index is 1.14. The Labute approximate surface area is 868 Å². The van der Waals surface area contributed by atoms with Gasteiger partial charge in [-0.15, -0.1) is 0 Å². The molecule has 6 heteroatoms. The van der Waals surface area contributed by atoms with Gasteiger partial charge in [-0.1, -0.05) is 443 Å². The van der Waals surface area contributed by atoms with E-state index in [0.717, 1.165) is 28.4 Å². The van der Waals surface area contributed by atoms with Crippen LogP contribution in [0.4, 0.5) is 0 Å². The van der Waals surface area contributed by atoms with E-state index in [4.69, 9.17) is 0 Å². The molecule has 0 aliphatic rings. The van der Waals surface area contributed by atoms with Gasteiger partial charge in [-0.25, -0.2) is 0 Å². The number of benzene rings is 24. The lowest BCUT2D eigenvalue weighted by Crippen LogP contribution is -2.00. The lowest BCUT2D eigenvalue weighted by Gasteiger charge is -2.19. The first-order valence-electron chi connectivity index (χ1n) is 51.6. The lowest BCUT2D eigenvalue weighted by molar-refractivity contribution is 1.18. The monoisotopic (exact) mass is 1910 g/mol. The highest BCUT2D eigenvalue weighted by atomic mass is 15.0. The first-order chi connectivity index (χ1) is 74.4. The summed E-state index contributed by atoms with van der Waals surface area (Å²) in [5.41, 5.74) is 43.0. The number of para-hydroxylation sites is 10. The molecule has 30 rings (SSSR count). The van der Waals surface area contributed by atoms with Gasteiger partial charge in [-0.05, 0) is 229 Å². The number of aromatic nitrogens is 6. The van der Waals surface area contributed by atoms with Gasteiger partial charge in [0.15, 0.2) is 0 Å². The van der Waals surface area contributed by atoms with E-state index in [1.165, 1.54) is 237 Å². The molecule has 150 heavy (non-hydrogen) atoms. The Morgan fingerprint density at radius 2 is 0.293 bits per heavy atom. The Hall–Kier alpha value is -19.9. The zero-order valence-electron chi connectivity index (χ0n) is 82.1. The molecule has 0 bridgehead atoms. The standard InChI is InChI=1S/3C48H32N2/c1-3-15-33(16-4-1)38-24-14-25-39(34-17-5-2-6-18-34)48(38)50-46-28-12-9-23-42(46)43-30-29-36(32-47(43)50)35-19-13-20-37(31-35)49-44-26-10-7-21-40(44)41-22-8-11-27-45(41)49;1-3-14-33(15-4-1)39-29-27-38(32-44(39)34-16-5-2-6-17-34)50-47-25-12-9-22-42(47)43-28-26-36(31-48(43)50)35-18-13-19-37(30-35)49-45-23-10-7-20-40(45)41-21-8-11-24-46(41)49;1-3-14-33(15-4-1)37-28-38(34-16-5-2-6-17-34)31-40(30-37)50-47-25-12-9-22-43(47)44-27-26-36(32-48(44)50)35-18-13-19-39(29-35)49-45-23-10-7-20-41(45)42-21-8-11-24-46(42)49/h3*1-32H. The van der Waals surface area contributed by atoms with E-state index in [0.29, 0.717) is 0 Å². The second kappa shape index (κ2) is 37.4. The summed E-state index contributed by atoms with van der Waals surface area (Å²) < 4.78 is 14.6. The quantitative estimate of drug-likeness (QED) is 0.0979. The van der Waals surface area contributed by atoms with Gasteiger partial charge < -0.3 is 27.4 Å². The van der Waals surface area contributed by atoms with Crippen LogP contribution < -0.4 is 0 Å². The van der Waals surface area contributed by atoms with Crippen molar-refractivity contribution in [2.24, 2.45) is 0 Å². The van der Waals surface area contributed by atoms with Gasteiger partial charge >= 0.3 is 0 Å². The summed E-state index contributed by atoms with van der Waals surface area (Å²) in [6.07, 6.45) is 0. The molecule has 0 unspecified atom stereocenters. The van der Waals surface area contributed by atoms with Gasteiger partial charge in [0.2, 0.25) is 0 Å². The largest absolute Gasteiger partial charge is 0.309 e. The van der Waals surface area contributed by atoms with Crippen LogP contribution >= 0.6 is 0 Å². The van der Waals surface area contributed by atoms with Crippen molar-refractivity contribution in [3.8, 4) is 134 Å². The lowest BCUT2D eigenvalue weighted by atomic mass is 9.94. The molecule has 6 nitrogen and oxygen atoms in total. The third-order valence-corrected chi connectivity index (χ3v) is 30.3. The van der Waals surface area contributed by atoms with E-state index in [1.54, 1.807) is 0 Å². The smallest absolute Gasteiger partial charge is 0.0618 e. The van der Waals surface area contributed by atoms with Crippen LogP contribution in [0.5, 0.6) is 0 Å². The summed E-state index contributed by atoms with van der Waals surface area (Å²) in [7, 11) is 0. The van der Waals surface area contributed by atoms with Crippen LogP contribution in [0, 0.1) is 0 Å². The summed E-state index contributed by atoms with van der Waals surface area (Å²) >= 11 is 0. The third-order valence-electron chi connectivity index (χ3n) is 30.3. The van der Waals surface area contributed by atoms with Crippen molar-refractivity contribution in [1.82, 2.24) is 27.4 Å². The van der Waals surface area contributed by atoms with E-state index in [1.807, 2.05) is 0 Å².